The Hall–Kier alpha value is 0.311. The summed E-state index contributed by atoms with van der Waals surface area (Å²) in [5.41, 5.74) is 8.88. The number of aromatic nitrogens is 1. The van der Waals surface area contributed by atoms with Crippen LogP contribution in [0.4, 0.5) is 0 Å². The van der Waals surface area contributed by atoms with Crippen LogP contribution in [0, 0.1) is 40.8 Å². The number of hydrazone groups is 2. The van der Waals surface area contributed by atoms with Gasteiger partial charge in [-0.25, -0.2) is 4.98 Å². The van der Waals surface area contributed by atoms with Gasteiger partial charge in [-0.05, 0) is 26.0 Å². The average Bonchev–Trinajstić information content (AvgIpc) is 2.30. The Morgan fingerprint density at radius 1 is 0.900 bits per heavy atom. The summed E-state index contributed by atoms with van der Waals surface area (Å²) < 4.78 is 0. The average molecular weight is 470 g/mol. The molecule has 0 bridgehead atoms. The molecule has 5 nitrogen and oxygen atoms in total. The number of nitrogens with zero attached hydrogens (tertiary/aromatic N) is 3. The zero-order valence-electron chi connectivity index (χ0n) is 11.7. The molecule has 0 saturated carbocycles. The van der Waals surface area contributed by atoms with E-state index < -0.39 is 0 Å². The summed E-state index contributed by atoms with van der Waals surface area (Å²) >= 11 is 0. The molecule has 2 N–H and O–H groups in total. The largest absolute Gasteiger partial charge is 3.00 e. The second kappa shape index (κ2) is 15.7. The van der Waals surface area contributed by atoms with E-state index >= 15 is 0 Å². The number of nitrogens with one attached hydrogen (secondary N) is 2. The van der Waals surface area contributed by atoms with Crippen LogP contribution in [0.1, 0.15) is 25.2 Å². The SMILES string of the molecule is CNN=C(C)c1cccc(C(C)=NNC)n1.[Cl-].[Cl-].[Cl-].[Nd+3]. The second-order valence-corrected chi connectivity index (χ2v) is 3.25. The first kappa shape index (κ1) is 28.5. The van der Waals surface area contributed by atoms with Crippen molar-refractivity contribution in [3.8, 4) is 0 Å². The first-order chi connectivity index (χ1) is 7.69. The molecule has 0 fully saturated rings. The Morgan fingerprint density at radius 3 is 1.55 bits per heavy atom. The summed E-state index contributed by atoms with van der Waals surface area (Å²) in [5.74, 6) is 0. The third-order valence-corrected chi connectivity index (χ3v) is 2.05. The van der Waals surface area contributed by atoms with Gasteiger partial charge in [-0.1, -0.05) is 6.07 Å². The maximum Gasteiger partial charge on any atom is 3.00 e. The van der Waals surface area contributed by atoms with Gasteiger partial charge in [0.15, 0.2) is 0 Å². The Morgan fingerprint density at radius 2 is 1.25 bits per heavy atom. The van der Waals surface area contributed by atoms with Crippen molar-refractivity contribution in [2.75, 3.05) is 14.1 Å². The van der Waals surface area contributed by atoms with E-state index in [1.54, 1.807) is 14.1 Å². The maximum atomic E-state index is 4.47. The minimum absolute atomic E-state index is 0. The van der Waals surface area contributed by atoms with E-state index in [0.29, 0.717) is 0 Å². The monoisotopic (exact) mass is 466 g/mol. The van der Waals surface area contributed by atoms with Crippen LogP contribution < -0.4 is 48.1 Å². The summed E-state index contributed by atoms with van der Waals surface area (Å²) in [6.07, 6.45) is 0. The van der Waals surface area contributed by atoms with E-state index in [4.69, 9.17) is 0 Å². The first-order valence-corrected chi connectivity index (χ1v) is 5.09. The molecule has 1 aromatic heterocycles. The molecule has 9 heteroatoms. The first-order valence-electron chi connectivity index (χ1n) is 5.09. The predicted octanol–water partition coefficient (Wildman–Crippen LogP) is -8.02. The van der Waals surface area contributed by atoms with Crippen LogP contribution in [0.5, 0.6) is 0 Å². The van der Waals surface area contributed by atoms with Crippen molar-refractivity contribution in [2.45, 2.75) is 13.8 Å². The Bertz CT molecular complexity index is 391. The molecular formula is C11H17Cl3N5Nd. The van der Waals surface area contributed by atoms with Gasteiger partial charge in [-0.2, -0.15) is 10.2 Å². The van der Waals surface area contributed by atoms with Gasteiger partial charge in [0.1, 0.15) is 0 Å². The number of halogens is 3. The van der Waals surface area contributed by atoms with Gasteiger partial charge >= 0.3 is 40.8 Å². The van der Waals surface area contributed by atoms with Crippen molar-refractivity contribution in [2.24, 2.45) is 10.2 Å². The molecule has 111 valence electrons. The van der Waals surface area contributed by atoms with Crippen LogP contribution in [0.25, 0.3) is 0 Å². The third kappa shape index (κ3) is 9.28. The normalized spacial score (nSPS) is 10.0. The second-order valence-electron chi connectivity index (χ2n) is 3.25. The molecule has 0 amide bonds. The van der Waals surface area contributed by atoms with Crippen molar-refractivity contribution in [1.29, 1.82) is 0 Å². The molecule has 0 saturated heterocycles. The van der Waals surface area contributed by atoms with Crippen molar-refractivity contribution in [3.05, 3.63) is 29.6 Å². The van der Waals surface area contributed by atoms with Gasteiger partial charge in [0.2, 0.25) is 0 Å². The standard InChI is InChI=1S/C11H17N5.3ClH.Nd/c1-8(15-12-3)10-6-5-7-11(14-10)9(2)16-13-4;;;;/h5-7,12-13H,1-4H3;3*1H;/q;;;;+3/p-3. The summed E-state index contributed by atoms with van der Waals surface area (Å²) in [5, 5.41) is 8.18. The summed E-state index contributed by atoms with van der Waals surface area (Å²) in [6.45, 7) is 3.82. The Balaban J connectivity index is -0.000000320. The van der Waals surface area contributed by atoms with Crippen LogP contribution in [0.3, 0.4) is 0 Å². The zero-order valence-corrected chi connectivity index (χ0v) is 17.2. The van der Waals surface area contributed by atoms with Gasteiger partial charge in [0, 0.05) is 14.1 Å². The minimum Gasteiger partial charge on any atom is -1.00 e. The fourth-order valence-corrected chi connectivity index (χ4v) is 1.29. The Kier molecular flexibility index (Phi) is 22.3. The molecule has 20 heavy (non-hydrogen) atoms. The minimum atomic E-state index is 0. The van der Waals surface area contributed by atoms with Crippen molar-refractivity contribution >= 4 is 11.4 Å². The Labute approximate surface area is 171 Å². The molecule has 0 aromatic carbocycles. The van der Waals surface area contributed by atoms with E-state index in [9.17, 15) is 0 Å². The molecule has 0 atom stereocenters. The van der Waals surface area contributed by atoms with Gasteiger partial charge in [-0.3, -0.25) is 0 Å². The van der Waals surface area contributed by atoms with Crippen LogP contribution in [0.2, 0.25) is 0 Å². The van der Waals surface area contributed by atoms with E-state index in [2.05, 4.69) is 26.0 Å². The van der Waals surface area contributed by atoms with Crippen LogP contribution in [-0.2, 0) is 0 Å². The van der Waals surface area contributed by atoms with E-state index in [1.165, 1.54) is 0 Å². The van der Waals surface area contributed by atoms with Crippen molar-refractivity contribution in [3.63, 3.8) is 0 Å². The smallest absolute Gasteiger partial charge is 1.00 e. The molecule has 0 aliphatic heterocycles. The number of rotatable bonds is 4. The van der Waals surface area contributed by atoms with Gasteiger partial charge < -0.3 is 48.1 Å². The van der Waals surface area contributed by atoms with Crippen LogP contribution in [0.15, 0.2) is 28.4 Å². The fraction of sp³-hybridized carbons (Fsp3) is 0.364. The summed E-state index contributed by atoms with van der Waals surface area (Å²) in [4.78, 5) is 4.47. The van der Waals surface area contributed by atoms with E-state index in [0.717, 1.165) is 22.8 Å². The molecular weight excluding hydrogens is 453 g/mol. The topological polar surface area (TPSA) is 61.7 Å². The predicted molar refractivity (Wildman–Crippen MR) is 66.8 cm³/mol. The van der Waals surface area contributed by atoms with Crippen LogP contribution in [-0.4, -0.2) is 30.5 Å². The molecule has 1 rings (SSSR count). The molecule has 0 aliphatic carbocycles. The molecule has 1 aromatic rings. The van der Waals surface area contributed by atoms with Crippen LogP contribution >= 0.6 is 0 Å². The number of hydrogen-bond acceptors (Lipinski definition) is 5. The number of pyridine rings is 1. The maximum absolute atomic E-state index is 4.47. The number of hydrogen-bond donors (Lipinski definition) is 2. The molecule has 0 aliphatic rings. The fourth-order valence-electron chi connectivity index (χ4n) is 1.29. The molecule has 0 unspecified atom stereocenters. The third-order valence-electron chi connectivity index (χ3n) is 2.05. The molecule has 1 radical (unpaired) electrons. The summed E-state index contributed by atoms with van der Waals surface area (Å²) in [6, 6.07) is 5.79. The van der Waals surface area contributed by atoms with Gasteiger partial charge in [0.25, 0.3) is 0 Å². The van der Waals surface area contributed by atoms with Crippen molar-refractivity contribution in [1.82, 2.24) is 15.8 Å². The van der Waals surface area contributed by atoms with Gasteiger partial charge in [-0.15, -0.1) is 0 Å². The van der Waals surface area contributed by atoms with E-state index in [-0.39, 0.29) is 78.1 Å². The van der Waals surface area contributed by atoms with Crippen molar-refractivity contribution < 1.29 is 78.1 Å². The van der Waals surface area contributed by atoms with Gasteiger partial charge in [0.05, 0.1) is 22.8 Å². The summed E-state index contributed by atoms with van der Waals surface area (Å²) in [7, 11) is 3.53. The molecule has 1 heterocycles. The quantitative estimate of drug-likeness (QED) is 0.340. The molecule has 0 spiro atoms. The van der Waals surface area contributed by atoms with E-state index in [1.807, 2.05) is 32.0 Å². The zero-order chi connectivity index (χ0) is 12.0.